The Labute approximate surface area is 104 Å². The van der Waals surface area contributed by atoms with Crippen LogP contribution in [-0.4, -0.2) is 42.5 Å². The van der Waals surface area contributed by atoms with E-state index in [4.69, 9.17) is 0 Å². The van der Waals surface area contributed by atoms with Gasteiger partial charge in [-0.2, -0.15) is 0 Å². The van der Waals surface area contributed by atoms with E-state index in [1.165, 1.54) is 25.2 Å². The molecule has 0 aliphatic carbocycles. The van der Waals surface area contributed by atoms with E-state index in [0.29, 0.717) is 0 Å². The minimum atomic E-state index is 0.741. The zero-order valence-electron chi connectivity index (χ0n) is 10.8. The molecule has 0 spiro atoms. The standard InChI is InChI=1S/C15H22N2/c1-12-15-11-16(2)9-14(15)10-17(12)8-13-6-4-3-5-7-13/h3-7,12,14-15H,8-11H2,1-2H3/t12-,14-,15+/m1/s1. The van der Waals surface area contributed by atoms with Gasteiger partial charge in [0.25, 0.3) is 0 Å². The van der Waals surface area contributed by atoms with E-state index < -0.39 is 0 Å². The van der Waals surface area contributed by atoms with Crippen molar-refractivity contribution in [2.45, 2.75) is 19.5 Å². The summed E-state index contributed by atoms with van der Waals surface area (Å²) < 4.78 is 0. The molecule has 0 bridgehead atoms. The van der Waals surface area contributed by atoms with Gasteiger partial charge in [0.1, 0.15) is 0 Å². The van der Waals surface area contributed by atoms with E-state index in [9.17, 15) is 0 Å². The van der Waals surface area contributed by atoms with Gasteiger partial charge >= 0.3 is 0 Å². The Kier molecular flexibility index (Phi) is 2.93. The fourth-order valence-corrected chi connectivity index (χ4v) is 3.62. The molecule has 2 heterocycles. The summed E-state index contributed by atoms with van der Waals surface area (Å²) in [5, 5.41) is 0. The van der Waals surface area contributed by atoms with Gasteiger partial charge in [-0.05, 0) is 31.4 Å². The first kappa shape index (κ1) is 11.2. The van der Waals surface area contributed by atoms with Crippen LogP contribution in [0, 0.1) is 11.8 Å². The molecule has 2 saturated heterocycles. The fourth-order valence-electron chi connectivity index (χ4n) is 3.62. The number of benzene rings is 1. The number of hydrogen-bond donors (Lipinski definition) is 0. The summed E-state index contributed by atoms with van der Waals surface area (Å²) in [6.45, 7) is 7.40. The number of nitrogens with zero attached hydrogens (tertiary/aromatic N) is 2. The van der Waals surface area contributed by atoms with Gasteiger partial charge in [0.2, 0.25) is 0 Å². The Morgan fingerprint density at radius 1 is 1.12 bits per heavy atom. The molecule has 1 aromatic rings. The maximum atomic E-state index is 2.66. The van der Waals surface area contributed by atoms with Crippen molar-refractivity contribution in [1.29, 1.82) is 0 Å². The van der Waals surface area contributed by atoms with Crippen LogP contribution in [-0.2, 0) is 6.54 Å². The summed E-state index contributed by atoms with van der Waals surface area (Å²) in [6.07, 6.45) is 0. The van der Waals surface area contributed by atoms with Crippen LogP contribution in [0.1, 0.15) is 12.5 Å². The van der Waals surface area contributed by atoms with E-state index in [1.807, 2.05) is 0 Å². The van der Waals surface area contributed by atoms with Crippen LogP contribution < -0.4 is 0 Å². The van der Waals surface area contributed by atoms with Crippen LogP contribution in [0.2, 0.25) is 0 Å². The molecule has 0 radical (unpaired) electrons. The summed E-state index contributed by atoms with van der Waals surface area (Å²) in [5.74, 6) is 1.79. The molecule has 2 fully saturated rings. The molecule has 17 heavy (non-hydrogen) atoms. The quantitative estimate of drug-likeness (QED) is 0.767. The number of likely N-dealkylation sites (tertiary alicyclic amines) is 2. The van der Waals surface area contributed by atoms with Gasteiger partial charge < -0.3 is 4.90 Å². The lowest BCUT2D eigenvalue weighted by atomic mass is 9.95. The van der Waals surface area contributed by atoms with Gasteiger partial charge in [0, 0.05) is 32.2 Å². The Morgan fingerprint density at radius 3 is 2.59 bits per heavy atom. The molecule has 0 N–H and O–H groups in total. The third-order valence-electron chi connectivity index (χ3n) is 4.57. The fraction of sp³-hybridized carbons (Fsp3) is 0.600. The Bertz CT molecular complexity index is 376. The topological polar surface area (TPSA) is 6.48 Å². The van der Waals surface area contributed by atoms with E-state index in [1.54, 1.807) is 0 Å². The third kappa shape index (κ3) is 2.12. The molecule has 2 nitrogen and oxygen atoms in total. The molecule has 2 heteroatoms. The van der Waals surface area contributed by atoms with Crippen LogP contribution in [0.4, 0.5) is 0 Å². The predicted octanol–water partition coefficient (Wildman–Crippen LogP) is 2.07. The molecular weight excluding hydrogens is 208 g/mol. The van der Waals surface area contributed by atoms with Crippen molar-refractivity contribution in [2.75, 3.05) is 26.7 Å². The monoisotopic (exact) mass is 230 g/mol. The average Bonchev–Trinajstić information content (AvgIpc) is 2.81. The normalized spacial score (nSPS) is 34.1. The second kappa shape index (κ2) is 4.43. The van der Waals surface area contributed by atoms with Crippen LogP contribution in [0.15, 0.2) is 30.3 Å². The van der Waals surface area contributed by atoms with Gasteiger partial charge in [-0.25, -0.2) is 0 Å². The van der Waals surface area contributed by atoms with Gasteiger partial charge in [0.15, 0.2) is 0 Å². The van der Waals surface area contributed by atoms with Crippen molar-refractivity contribution in [3.63, 3.8) is 0 Å². The highest BCUT2D eigenvalue weighted by atomic mass is 15.2. The first-order valence-electron chi connectivity index (χ1n) is 6.70. The van der Waals surface area contributed by atoms with Crippen molar-refractivity contribution >= 4 is 0 Å². The molecule has 3 atom stereocenters. The Balaban J connectivity index is 1.67. The maximum Gasteiger partial charge on any atom is 0.0236 e. The van der Waals surface area contributed by atoms with Gasteiger partial charge in [-0.3, -0.25) is 4.90 Å². The largest absolute Gasteiger partial charge is 0.306 e. The predicted molar refractivity (Wildman–Crippen MR) is 70.8 cm³/mol. The van der Waals surface area contributed by atoms with Crippen LogP contribution >= 0.6 is 0 Å². The molecule has 92 valence electrons. The molecule has 0 amide bonds. The maximum absolute atomic E-state index is 2.66. The first-order valence-corrected chi connectivity index (χ1v) is 6.70. The highest BCUT2D eigenvalue weighted by Gasteiger charge is 2.43. The molecule has 2 aliphatic rings. The van der Waals surface area contributed by atoms with Crippen molar-refractivity contribution in [3.05, 3.63) is 35.9 Å². The van der Waals surface area contributed by atoms with Crippen LogP contribution in [0.25, 0.3) is 0 Å². The summed E-state index contributed by atoms with van der Waals surface area (Å²) in [6, 6.07) is 11.6. The minimum Gasteiger partial charge on any atom is -0.306 e. The minimum absolute atomic E-state index is 0.741. The zero-order valence-corrected chi connectivity index (χ0v) is 10.8. The van der Waals surface area contributed by atoms with Gasteiger partial charge in [0.05, 0.1) is 0 Å². The average molecular weight is 230 g/mol. The van der Waals surface area contributed by atoms with E-state index >= 15 is 0 Å². The smallest absolute Gasteiger partial charge is 0.0236 e. The summed E-state index contributed by atoms with van der Waals surface area (Å²) >= 11 is 0. The molecule has 0 aromatic heterocycles. The third-order valence-corrected chi connectivity index (χ3v) is 4.57. The van der Waals surface area contributed by atoms with Crippen molar-refractivity contribution < 1.29 is 0 Å². The first-order chi connectivity index (χ1) is 8.24. The summed E-state index contributed by atoms with van der Waals surface area (Å²) in [5.41, 5.74) is 1.45. The van der Waals surface area contributed by atoms with Crippen molar-refractivity contribution in [3.8, 4) is 0 Å². The molecule has 0 unspecified atom stereocenters. The van der Waals surface area contributed by atoms with Crippen molar-refractivity contribution in [1.82, 2.24) is 9.80 Å². The lowest BCUT2D eigenvalue weighted by Gasteiger charge is -2.25. The SMILES string of the molecule is C[C@@H]1[C@@H]2CN(C)C[C@@H]2CN1Cc1ccccc1. The lowest BCUT2D eigenvalue weighted by Crippen LogP contribution is -2.33. The zero-order chi connectivity index (χ0) is 11.8. The van der Waals surface area contributed by atoms with E-state index in [-0.39, 0.29) is 0 Å². The van der Waals surface area contributed by atoms with Crippen LogP contribution in [0.5, 0.6) is 0 Å². The number of fused-ring (bicyclic) bond motifs is 1. The van der Waals surface area contributed by atoms with E-state index in [0.717, 1.165) is 24.4 Å². The summed E-state index contributed by atoms with van der Waals surface area (Å²) in [4.78, 5) is 5.16. The Morgan fingerprint density at radius 2 is 1.88 bits per heavy atom. The second-order valence-corrected chi connectivity index (χ2v) is 5.80. The molecule has 2 aliphatic heterocycles. The number of rotatable bonds is 2. The van der Waals surface area contributed by atoms with Crippen molar-refractivity contribution in [2.24, 2.45) is 11.8 Å². The van der Waals surface area contributed by atoms with Gasteiger partial charge in [-0.1, -0.05) is 30.3 Å². The van der Waals surface area contributed by atoms with E-state index in [2.05, 4.69) is 54.1 Å². The number of hydrogen-bond acceptors (Lipinski definition) is 2. The lowest BCUT2D eigenvalue weighted by molar-refractivity contribution is 0.210. The second-order valence-electron chi connectivity index (χ2n) is 5.80. The van der Waals surface area contributed by atoms with Gasteiger partial charge in [-0.15, -0.1) is 0 Å². The molecule has 3 rings (SSSR count). The molecular formula is C15H22N2. The summed E-state index contributed by atoms with van der Waals surface area (Å²) in [7, 11) is 2.26. The van der Waals surface area contributed by atoms with Crippen LogP contribution in [0.3, 0.4) is 0 Å². The molecule has 0 saturated carbocycles. The highest BCUT2D eigenvalue weighted by Crippen LogP contribution is 2.35. The highest BCUT2D eigenvalue weighted by molar-refractivity contribution is 5.15. The molecule has 1 aromatic carbocycles. The Hall–Kier alpha value is -0.860.